The summed E-state index contributed by atoms with van der Waals surface area (Å²) in [5.74, 6) is 0. The molecule has 2 aromatic rings. The third-order valence-electron chi connectivity index (χ3n) is 2.22. The molecule has 0 saturated heterocycles. The van der Waals surface area contributed by atoms with Gasteiger partial charge in [-0.15, -0.1) is 0 Å². The summed E-state index contributed by atoms with van der Waals surface area (Å²) >= 11 is 0. The van der Waals surface area contributed by atoms with Crippen LogP contribution in [0.4, 0.5) is 13.2 Å². The van der Waals surface area contributed by atoms with Crippen LogP contribution in [0.2, 0.25) is 0 Å². The van der Waals surface area contributed by atoms with Crippen LogP contribution in [0.1, 0.15) is 5.56 Å². The smallest absolute Gasteiger partial charge is 0.166 e. The second-order valence-corrected chi connectivity index (χ2v) is 3.35. The first-order chi connectivity index (χ1) is 7.57. The lowest BCUT2D eigenvalue weighted by atomic mass is 10.0. The van der Waals surface area contributed by atoms with E-state index in [1.165, 1.54) is 6.07 Å². The van der Waals surface area contributed by atoms with Crippen molar-refractivity contribution >= 4 is 0 Å². The molecule has 0 aromatic heterocycles. The SMILES string of the molecule is FC(F)(F)c1c[c]c(-c2ccccc2)cc1. The van der Waals surface area contributed by atoms with Gasteiger partial charge in [0.05, 0.1) is 5.56 Å². The zero-order valence-electron chi connectivity index (χ0n) is 8.25. The van der Waals surface area contributed by atoms with Gasteiger partial charge in [0.1, 0.15) is 0 Å². The van der Waals surface area contributed by atoms with Crippen LogP contribution in [0, 0.1) is 6.07 Å². The van der Waals surface area contributed by atoms with E-state index in [4.69, 9.17) is 0 Å². The molecule has 2 rings (SSSR count). The van der Waals surface area contributed by atoms with Crippen molar-refractivity contribution < 1.29 is 13.2 Å². The van der Waals surface area contributed by atoms with Crippen molar-refractivity contribution in [1.82, 2.24) is 0 Å². The minimum absolute atomic E-state index is 0.661. The standard InChI is InChI=1S/C13H8F3/c14-13(15,16)12-8-6-11(7-9-12)10-4-2-1-3-5-10/h1-6,8-9H. The fraction of sp³-hybridized carbons (Fsp3) is 0.0769. The molecule has 0 saturated carbocycles. The molecule has 0 N–H and O–H groups in total. The first-order valence-electron chi connectivity index (χ1n) is 4.72. The Morgan fingerprint density at radius 2 is 1.56 bits per heavy atom. The van der Waals surface area contributed by atoms with Gasteiger partial charge in [-0.05, 0) is 29.3 Å². The second kappa shape index (κ2) is 4.00. The summed E-state index contributed by atoms with van der Waals surface area (Å²) in [5, 5.41) is 0. The monoisotopic (exact) mass is 221 g/mol. The molecule has 0 heterocycles. The Balaban J connectivity index is 2.34. The molecule has 0 aliphatic heterocycles. The van der Waals surface area contributed by atoms with E-state index in [0.717, 1.165) is 17.7 Å². The summed E-state index contributed by atoms with van der Waals surface area (Å²) < 4.78 is 36.9. The summed E-state index contributed by atoms with van der Waals surface area (Å²) in [7, 11) is 0. The number of hydrogen-bond acceptors (Lipinski definition) is 0. The van der Waals surface area contributed by atoms with Crippen LogP contribution in [-0.2, 0) is 6.18 Å². The Labute approximate surface area is 91.4 Å². The minimum Gasteiger partial charge on any atom is -0.166 e. The molecule has 0 unspecified atom stereocenters. The van der Waals surface area contributed by atoms with Gasteiger partial charge in [-0.1, -0.05) is 36.4 Å². The number of hydrogen-bond donors (Lipinski definition) is 0. The van der Waals surface area contributed by atoms with Gasteiger partial charge in [0, 0.05) is 0 Å². The first-order valence-corrected chi connectivity index (χ1v) is 4.72. The molecule has 81 valence electrons. The largest absolute Gasteiger partial charge is 0.416 e. The molecule has 0 atom stereocenters. The van der Waals surface area contributed by atoms with Gasteiger partial charge in [0.25, 0.3) is 0 Å². The maximum Gasteiger partial charge on any atom is 0.416 e. The zero-order valence-corrected chi connectivity index (χ0v) is 8.25. The van der Waals surface area contributed by atoms with Gasteiger partial charge >= 0.3 is 6.18 Å². The second-order valence-electron chi connectivity index (χ2n) is 3.35. The first kappa shape index (κ1) is 10.7. The van der Waals surface area contributed by atoms with E-state index in [2.05, 4.69) is 6.07 Å². The number of benzene rings is 2. The summed E-state index contributed by atoms with van der Waals surface area (Å²) in [6.45, 7) is 0. The summed E-state index contributed by atoms with van der Waals surface area (Å²) in [4.78, 5) is 0. The lowest BCUT2D eigenvalue weighted by Gasteiger charge is -2.07. The fourth-order valence-corrected chi connectivity index (χ4v) is 1.40. The fourth-order valence-electron chi connectivity index (χ4n) is 1.40. The molecule has 0 bridgehead atoms. The van der Waals surface area contributed by atoms with Gasteiger partial charge in [0.2, 0.25) is 0 Å². The Kier molecular flexibility index (Phi) is 2.69. The summed E-state index contributed by atoms with van der Waals surface area (Å²) in [5.41, 5.74) is 0.844. The number of alkyl halides is 3. The van der Waals surface area contributed by atoms with Crippen LogP contribution in [0.15, 0.2) is 48.5 Å². The van der Waals surface area contributed by atoms with Gasteiger partial charge in [0.15, 0.2) is 0 Å². The number of rotatable bonds is 1. The quantitative estimate of drug-likeness (QED) is 0.677. The van der Waals surface area contributed by atoms with Crippen molar-refractivity contribution in [3.8, 4) is 11.1 Å². The molecule has 0 aliphatic carbocycles. The highest BCUT2D eigenvalue weighted by molar-refractivity contribution is 5.62. The van der Waals surface area contributed by atoms with Gasteiger partial charge < -0.3 is 0 Å². The van der Waals surface area contributed by atoms with E-state index in [9.17, 15) is 13.2 Å². The highest BCUT2D eigenvalue weighted by Crippen LogP contribution is 2.30. The molecule has 0 nitrogen and oxygen atoms in total. The third kappa shape index (κ3) is 2.24. The van der Waals surface area contributed by atoms with Gasteiger partial charge in [-0.3, -0.25) is 0 Å². The zero-order chi connectivity index (χ0) is 11.6. The Hall–Kier alpha value is -1.77. The highest BCUT2D eigenvalue weighted by Gasteiger charge is 2.29. The van der Waals surface area contributed by atoms with Gasteiger partial charge in [-0.2, -0.15) is 13.2 Å². The van der Waals surface area contributed by atoms with Crippen LogP contribution in [0.5, 0.6) is 0 Å². The van der Waals surface area contributed by atoms with Crippen LogP contribution in [0.3, 0.4) is 0 Å². The molecule has 2 aromatic carbocycles. The van der Waals surface area contributed by atoms with E-state index in [1.807, 2.05) is 30.3 Å². The van der Waals surface area contributed by atoms with Crippen molar-refractivity contribution in [3.63, 3.8) is 0 Å². The molecule has 0 spiro atoms. The van der Waals surface area contributed by atoms with E-state index >= 15 is 0 Å². The van der Waals surface area contributed by atoms with Crippen LogP contribution >= 0.6 is 0 Å². The van der Waals surface area contributed by atoms with Crippen molar-refractivity contribution in [1.29, 1.82) is 0 Å². The topological polar surface area (TPSA) is 0 Å². The average molecular weight is 221 g/mol. The normalized spacial score (nSPS) is 11.4. The van der Waals surface area contributed by atoms with Crippen molar-refractivity contribution in [2.24, 2.45) is 0 Å². The van der Waals surface area contributed by atoms with Crippen LogP contribution < -0.4 is 0 Å². The summed E-state index contributed by atoms with van der Waals surface area (Å²) in [6.07, 6.45) is -4.30. The minimum atomic E-state index is -4.30. The molecular formula is C13H8F3. The molecular weight excluding hydrogens is 213 g/mol. The van der Waals surface area contributed by atoms with Crippen LogP contribution in [0.25, 0.3) is 11.1 Å². The molecule has 0 fully saturated rings. The molecule has 0 aliphatic rings. The van der Waals surface area contributed by atoms with Crippen LogP contribution in [-0.4, -0.2) is 0 Å². The molecule has 0 amide bonds. The average Bonchev–Trinajstić information content (AvgIpc) is 2.29. The van der Waals surface area contributed by atoms with Crippen molar-refractivity contribution in [2.45, 2.75) is 6.18 Å². The van der Waals surface area contributed by atoms with Gasteiger partial charge in [-0.25, -0.2) is 0 Å². The molecule has 1 radical (unpaired) electrons. The Morgan fingerprint density at radius 3 is 2.06 bits per heavy atom. The van der Waals surface area contributed by atoms with Crippen molar-refractivity contribution in [2.75, 3.05) is 0 Å². The van der Waals surface area contributed by atoms with E-state index in [0.29, 0.717) is 5.56 Å². The van der Waals surface area contributed by atoms with Crippen molar-refractivity contribution in [3.05, 3.63) is 60.2 Å². The third-order valence-corrected chi connectivity index (χ3v) is 2.22. The maximum atomic E-state index is 12.3. The van der Waals surface area contributed by atoms with E-state index < -0.39 is 11.7 Å². The lowest BCUT2D eigenvalue weighted by Crippen LogP contribution is -2.04. The highest BCUT2D eigenvalue weighted by atomic mass is 19.4. The number of halogens is 3. The van der Waals surface area contributed by atoms with E-state index in [-0.39, 0.29) is 0 Å². The molecule has 16 heavy (non-hydrogen) atoms. The predicted octanol–water partition coefficient (Wildman–Crippen LogP) is 4.17. The molecule has 3 heteroatoms. The predicted molar refractivity (Wildman–Crippen MR) is 55.7 cm³/mol. The lowest BCUT2D eigenvalue weighted by molar-refractivity contribution is -0.137. The Bertz CT molecular complexity index is 455. The Morgan fingerprint density at radius 1 is 0.875 bits per heavy atom. The summed E-state index contributed by atoms with van der Waals surface area (Å²) in [6, 6.07) is 15.3. The maximum absolute atomic E-state index is 12.3. The van der Waals surface area contributed by atoms with E-state index in [1.54, 1.807) is 0 Å².